The van der Waals surface area contributed by atoms with Crippen molar-refractivity contribution in [1.29, 1.82) is 0 Å². The third-order valence-electron chi connectivity index (χ3n) is 4.28. The maximum absolute atomic E-state index is 13.1. The van der Waals surface area contributed by atoms with E-state index in [1.54, 1.807) is 13.0 Å². The molecule has 3 N–H and O–H groups in total. The molecule has 24 heavy (non-hydrogen) atoms. The van der Waals surface area contributed by atoms with Crippen molar-refractivity contribution in [1.82, 2.24) is 5.32 Å². The van der Waals surface area contributed by atoms with Gasteiger partial charge in [-0.2, -0.15) is 0 Å². The van der Waals surface area contributed by atoms with Gasteiger partial charge in [0.1, 0.15) is 18.2 Å². The van der Waals surface area contributed by atoms with Crippen LogP contribution in [0.4, 0.5) is 4.39 Å². The second-order valence-corrected chi connectivity index (χ2v) is 6.23. The summed E-state index contributed by atoms with van der Waals surface area (Å²) in [5.74, 6) is 0.563. The maximum Gasteiger partial charge on any atom is 0.234 e. The van der Waals surface area contributed by atoms with E-state index < -0.39 is 0 Å². The van der Waals surface area contributed by atoms with Gasteiger partial charge >= 0.3 is 0 Å². The van der Waals surface area contributed by atoms with Crippen molar-refractivity contribution in [2.45, 2.75) is 38.0 Å². The zero-order chi connectivity index (χ0) is 17.1. The molecule has 0 radical (unpaired) electrons. The van der Waals surface area contributed by atoms with Gasteiger partial charge in [-0.15, -0.1) is 0 Å². The van der Waals surface area contributed by atoms with Gasteiger partial charge in [-0.1, -0.05) is 24.3 Å². The summed E-state index contributed by atoms with van der Waals surface area (Å²) in [5.41, 5.74) is 7.27. The number of amides is 1. The van der Waals surface area contributed by atoms with Gasteiger partial charge in [-0.3, -0.25) is 4.79 Å². The molecule has 5 heteroatoms. The topological polar surface area (TPSA) is 64.3 Å². The highest BCUT2D eigenvalue weighted by atomic mass is 19.1. The van der Waals surface area contributed by atoms with Crippen LogP contribution in [0.25, 0.3) is 0 Å². The standard InChI is InChI=1S/C19H21FN2O2/c1-12(19(21)23)22-18-10-17(18)14-5-7-16(8-6-14)24-11-13-3-2-4-15(20)9-13/h2-9,12,17-18,22H,10-11H2,1H3,(H2,21,23)/t12-,17?,18+/m1/s1. The summed E-state index contributed by atoms with van der Waals surface area (Å²) in [6.45, 7) is 2.11. The first-order valence-corrected chi connectivity index (χ1v) is 8.05. The Labute approximate surface area is 140 Å². The number of benzene rings is 2. The fourth-order valence-electron chi connectivity index (χ4n) is 2.76. The first-order chi connectivity index (χ1) is 11.5. The normalized spacial score (nSPS) is 20.4. The van der Waals surface area contributed by atoms with Gasteiger partial charge in [-0.05, 0) is 48.7 Å². The molecule has 1 saturated carbocycles. The van der Waals surface area contributed by atoms with Crippen LogP contribution < -0.4 is 15.8 Å². The molecule has 0 saturated heterocycles. The van der Waals surface area contributed by atoms with E-state index in [0.29, 0.717) is 18.6 Å². The van der Waals surface area contributed by atoms with E-state index in [4.69, 9.17) is 10.5 Å². The SMILES string of the molecule is C[C@@H](N[C@H]1CC1c1ccc(OCc2cccc(F)c2)cc1)C(N)=O. The van der Waals surface area contributed by atoms with Gasteiger partial charge in [-0.25, -0.2) is 4.39 Å². The Balaban J connectivity index is 1.52. The van der Waals surface area contributed by atoms with Crippen molar-refractivity contribution in [3.63, 3.8) is 0 Å². The zero-order valence-corrected chi connectivity index (χ0v) is 13.5. The van der Waals surface area contributed by atoms with Crippen LogP contribution in [0, 0.1) is 5.82 Å². The smallest absolute Gasteiger partial charge is 0.234 e. The van der Waals surface area contributed by atoms with E-state index in [0.717, 1.165) is 17.7 Å². The zero-order valence-electron chi connectivity index (χ0n) is 13.5. The monoisotopic (exact) mass is 328 g/mol. The van der Waals surface area contributed by atoms with Crippen molar-refractivity contribution in [3.8, 4) is 5.75 Å². The van der Waals surface area contributed by atoms with Crippen molar-refractivity contribution in [2.24, 2.45) is 5.73 Å². The number of rotatable bonds is 7. The maximum atomic E-state index is 13.1. The molecule has 2 aromatic rings. The van der Waals surface area contributed by atoms with Gasteiger partial charge in [0, 0.05) is 12.0 Å². The van der Waals surface area contributed by atoms with E-state index >= 15 is 0 Å². The summed E-state index contributed by atoms with van der Waals surface area (Å²) >= 11 is 0. The summed E-state index contributed by atoms with van der Waals surface area (Å²) in [5, 5.41) is 3.23. The van der Waals surface area contributed by atoms with Crippen LogP contribution in [-0.4, -0.2) is 18.0 Å². The molecule has 1 unspecified atom stereocenters. The van der Waals surface area contributed by atoms with Gasteiger partial charge in [0.25, 0.3) is 0 Å². The van der Waals surface area contributed by atoms with Gasteiger partial charge in [0.05, 0.1) is 6.04 Å². The Morgan fingerprint density at radius 2 is 2.08 bits per heavy atom. The first kappa shape index (κ1) is 16.5. The molecule has 0 aliphatic heterocycles. The van der Waals surface area contributed by atoms with Crippen molar-refractivity contribution in [3.05, 3.63) is 65.5 Å². The Morgan fingerprint density at radius 3 is 2.75 bits per heavy atom. The predicted octanol–water partition coefficient (Wildman–Crippen LogP) is 2.72. The van der Waals surface area contributed by atoms with Crippen molar-refractivity contribution in [2.75, 3.05) is 0 Å². The van der Waals surface area contributed by atoms with E-state index in [1.165, 1.54) is 17.7 Å². The first-order valence-electron chi connectivity index (χ1n) is 8.05. The molecule has 4 nitrogen and oxygen atoms in total. The lowest BCUT2D eigenvalue weighted by atomic mass is 10.1. The minimum Gasteiger partial charge on any atom is -0.489 e. The fourth-order valence-corrected chi connectivity index (χ4v) is 2.76. The van der Waals surface area contributed by atoms with Crippen LogP contribution >= 0.6 is 0 Å². The summed E-state index contributed by atoms with van der Waals surface area (Å²) in [6.07, 6.45) is 1.00. The summed E-state index contributed by atoms with van der Waals surface area (Å²) < 4.78 is 18.8. The summed E-state index contributed by atoms with van der Waals surface area (Å²) in [6, 6.07) is 14.3. The number of carbonyl (C=O) groups excluding carboxylic acids is 1. The number of hydrogen-bond donors (Lipinski definition) is 2. The molecule has 0 aromatic heterocycles. The van der Waals surface area contributed by atoms with Crippen LogP contribution in [0.2, 0.25) is 0 Å². The highest BCUT2D eigenvalue weighted by Crippen LogP contribution is 2.41. The molecule has 1 aliphatic carbocycles. The van der Waals surface area contributed by atoms with Gasteiger partial charge in [0.15, 0.2) is 0 Å². The molecule has 126 valence electrons. The van der Waals surface area contributed by atoms with E-state index in [1.807, 2.05) is 30.3 Å². The Hall–Kier alpha value is -2.40. The molecule has 0 heterocycles. The fraction of sp³-hybridized carbons (Fsp3) is 0.316. The molecule has 2 aromatic carbocycles. The lowest BCUT2D eigenvalue weighted by Crippen LogP contribution is -2.40. The number of ether oxygens (including phenoxy) is 1. The lowest BCUT2D eigenvalue weighted by molar-refractivity contribution is -0.119. The van der Waals surface area contributed by atoms with Gasteiger partial charge < -0.3 is 15.8 Å². The largest absolute Gasteiger partial charge is 0.489 e. The summed E-state index contributed by atoms with van der Waals surface area (Å²) in [4.78, 5) is 11.1. The van der Waals surface area contributed by atoms with Crippen LogP contribution in [0.3, 0.4) is 0 Å². The third kappa shape index (κ3) is 4.11. The summed E-state index contributed by atoms with van der Waals surface area (Å²) in [7, 11) is 0. The number of carbonyl (C=O) groups is 1. The van der Waals surface area contributed by atoms with Crippen molar-refractivity contribution < 1.29 is 13.9 Å². The highest BCUT2D eigenvalue weighted by molar-refractivity contribution is 5.79. The average molecular weight is 328 g/mol. The van der Waals surface area contributed by atoms with Crippen molar-refractivity contribution >= 4 is 5.91 Å². The molecule has 1 aliphatic rings. The minimum absolute atomic E-state index is 0.260. The highest BCUT2D eigenvalue weighted by Gasteiger charge is 2.39. The minimum atomic E-state index is -0.332. The Bertz CT molecular complexity index is 718. The predicted molar refractivity (Wildman–Crippen MR) is 90.1 cm³/mol. The molecule has 3 rings (SSSR count). The molecule has 3 atom stereocenters. The molecular formula is C19H21FN2O2. The van der Waals surface area contributed by atoms with Crippen LogP contribution in [-0.2, 0) is 11.4 Å². The number of nitrogens with two attached hydrogens (primary N) is 1. The molecule has 1 fully saturated rings. The van der Waals surface area contributed by atoms with Crippen LogP contribution in [0.5, 0.6) is 5.75 Å². The molecule has 1 amide bonds. The lowest BCUT2D eigenvalue weighted by Gasteiger charge is -2.10. The molecular weight excluding hydrogens is 307 g/mol. The second-order valence-electron chi connectivity index (χ2n) is 6.23. The van der Waals surface area contributed by atoms with E-state index in [9.17, 15) is 9.18 Å². The number of halogens is 1. The second kappa shape index (κ2) is 7.01. The van der Waals surface area contributed by atoms with E-state index in [-0.39, 0.29) is 17.8 Å². The third-order valence-corrected chi connectivity index (χ3v) is 4.28. The molecule has 0 bridgehead atoms. The quantitative estimate of drug-likeness (QED) is 0.821. The van der Waals surface area contributed by atoms with E-state index in [2.05, 4.69) is 5.32 Å². The number of primary amides is 1. The van der Waals surface area contributed by atoms with Gasteiger partial charge in [0.2, 0.25) is 5.91 Å². The average Bonchev–Trinajstić information content (AvgIpc) is 3.32. The van der Waals surface area contributed by atoms with Crippen LogP contribution in [0.15, 0.2) is 48.5 Å². The number of nitrogens with one attached hydrogen (secondary N) is 1. The molecule has 0 spiro atoms. The Morgan fingerprint density at radius 1 is 1.33 bits per heavy atom. The Kier molecular flexibility index (Phi) is 4.81. The van der Waals surface area contributed by atoms with Crippen LogP contribution in [0.1, 0.15) is 30.4 Å². The number of hydrogen-bond acceptors (Lipinski definition) is 3.